The minimum Gasteiger partial charge on any atom is -0.444 e. The van der Waals surface area contributed by atoms with Crippen LogP contribution in [0.3, 0.4) is 0 Å². The Balaban J connectivity index is 1.85. The number of primary amides is 1. The maximum absolute atomic E-state index is 10.8. The van der Waals surface area contributed by atoms with E-state index in [0.717, 1.165) is 25.0 Å². The Kier molecular flexibility index (Phi) is 3.75. The molecule has 0 aromatic carbocycles. The highest BCUT2D eigenvalue weighted by Gasteiger charge is 2.37. The van der Waals surface area contributed by atoms with E-state index in [1.54, 1.807) is 10.9 Å². The number of hydrogen-bond acceptors (Lipinski definition) is 5. The topological polar surface area (TPSA) is 103 Å². The molecular formula is C12H20N4O3. The zero-order chi connectivity index (χ0) is 14.0. The number of ether oxygens (including phenoxy) is 1. The van der Waals surface area contributed by atoms with Crippen LogP contribution in [0.15, 0.2) is 6.20 Å². The van der Waals surface area contributed by atoms with Crippen molar-refractivity contribution in [1.29, 1.82) is 0 Å². The third-order valence-corrected chi connectivity index (χ3v) is 3.52. The van der Waals surface area contributed by atoms with E-state index in [2.05, 4.69) is 10.3 Å². The third kappa shape index (κ3) is 3.23. The molecule has 0 bridgehead atoms. The van der Waals surface area contributed by atoms with Crippen LogP contribution >= 0.6 is 0 Å². The first kappa shape index (κ1) is 13.8. The molecule has 0 saturated heterocycles. The SMILES string of the molecule is CC(C)(CC1CC(n2nncc2CO)C1)OC(N)=O. The normalized spacial score (nSPS) is 22.9. The van der Waals surface area contributed by atoms with Crippen molar-refractivity contribution in [2.75, 3.05) is 0 Å². The zero-order valence-electron chi connectivity index (χ0n) is 11.2. The number of amides is 1. The summed E-state index contributed by atoms with van der Waals surface area (Å²) in [7, 11) is 0. The van der Waals surface area contributed by atoms with Crippen LogP contribution in [-0.2, 0) is 11.3 Å². The van der Waals surface area contributed by atoms with Crippen LogP contribution < -0.4 is 5.73 Å². The molecule has 2 rings (SSSR count). The molecule has 1 heterocycles. The number of rotatable bonds is 5. The van der Waals surface area contributed by atoms with Gasteiger partial charge in [0.25, 0.3) is 0 Å². The van der Waals surface area contributed by atoms with Crippen molar-refractivity contribution in [1.82, 2.24) is 15.0 Å². The van der Waals surface area contributed by atoms with Crippen LogP contribution in [-0.4, -0.2) is 31.8 Å². The Morgan fingerprint density at radius 2 is 2.32 bits per heavy atom. The average molecular weight is 268 g/mol. The lowest BCUT2D eigenvalue weighted by atomic mass is 9.74. The Bertz CT molecular complexity index is 452. The van der Waals surface area contributed by atoms with E-state index in [9.17, 15) is 4.79 Å². The lowest BCUT2D eigenvalue weighted by Crippen LogP contribution is -2.38. The van der Waals surface area contributed by atoms with Gasteiger partial charge in [-0.1, -0.05) is 5.21 Å². The van der Waals surface area contributed by atoms with Gasteiger partial charge in [0.15, 0.2) is 0 Å². The summed E-state index contributed by atoms with van der Waals surface area (Å²) in [6.45, 7) is 3.67. The van der Waals surface area contributed by atoms with Crippen LogP contribution in [0, 0.1) is 5.92 Å². The van der Waals surface area contributed by atoms with E-state index >= 15 is 0 Å². The van der Waals surface area contributed by atoms with Gasteiger partial charge in [-0.2, -0.15) is 0 Å². The van der Waals surface area contributed by atoms with Crippen molar-refractivity contribution >= 4 is 6.09 Å². The van der Waals surface area contributed by atoms with Gasteiger partial charge < -0.3 is 15.6 Å². The van der Waals surface area contributed by atoms with Gasteiger partial charge in [-0.25, -0.2) is 9.48 Å². The average Bonchev–Trinajstić information content (AvgIpc) is 2.68. The molecule has 1 aliphatic carbocycles. The van der Waals surface area contributed by atoms with Gasteiger partial charge in [0.05, 0.1) is 24.5 Å². The lowest BCUT2D eigenvalue weighted by Gasteiger charge is -2.39. The number of carbonyl (C=O) groups excluding carboxylic acids is 1. The van der Waals surface area contributed by atoms with E-state index in [1.807, 2.05) is 13.8 Å². The number of carbonyl (C=O) groups is 1. The molecule has 0 aliphatic heterocycles. The van der Waals surface area contributed by atoms with E-state index in [4.69, 9.17) is 15.6 Å². The van der Waals surface area contributed by atoms with E-state index in [0.29, 0.717) is 5.92 Å². The highest BCUT2D eigenvalue weighted by Crippen LogP contribution is 2.42. The number of nitrogens with two attached hydrogens (primary N) is 1. The van der Waals surface area contributed by atoms with Crippen molar-refractivity contribution in [3.63, 3.8) is 0 Å². The van der Waals surface area contributed by atoms with Gasteiger partial charge in [0, 0.05) is 0 Å². The molecule has 19 heavy (non-hydrogen) atoms. The van der Waals surface area contributed by atoms with Gasteiger partial charge in [-0.3, -0.25) is 0 Å². The molecule has 0 spiro atoms. The maximum Gasteiger partial charge on any atom is 0.405 e. The van der Waals surface area contributed by atoms with Gasteiger partial charge in [0.1, 0.15) is 5.60 Å². The van der Waals surface area contributed by atoms with Crippen molar-refractivity contribution < 1.29 is 14.6 Å². The van der Waals surface area contributed by atoms with Crippen molar-refractivity contribution in [2.45, 2.75) is 51.4 Å². The first-order valence-corrected chi connectivity index (χ1v) is 6.39. The number of nitrogens with zero attached hydrogens (tertiary/aromatic N) is 3. The zero-order valence-corrected chi connectivity index (χ0v) is 11.2. The van der Waals surface area contributed by atoms with Crippen molar-refractivity contribution in [3.8, 4) is 0 Å². The Morgan fingerprint density at radius 1 is 1.63 bits per heavy atom. The monoisotopic (exact) mass is 268 g/mol. The predicted octanol–water partition coefficient (Wildman–Crippen LogP) is 0.986. The summed E-state index contributed by atoms with van der Waals surface area (Å²) in [5, 5.41) is 16.9. The minimum absolute atomic E-state index is 0.0511. The second kappa shape index (κ2) is 5.16. The molecule has 0 radical (unpaired) electrons. The third-order valence-electron chi connectivity index (χ3n) is 3.52. The van der Waals surface area contributed by atoms with E-state index in [-0.39, 0.29) is 12.6 Å². The van der Waals surface area contributed by atoms with E-state index in [1.165, 1.54) is 0 Å². The van der Waals surface area contributed by atoms with E-state index < -0.39 is 11.7 Å². The molecule has 1 saturated carbocycles. The summed E-state index contributed by atoms with van der Waals surface area (Å²) < 4.78 is 6.86. The molecular weight excluding hydrogens is 248 g/mol. The molecule has 7 nitrogen and oxygen atoms in total. The Labute approximate surface area is 111 Å². The molecule has 3 N–H and O–H groups in total. The van der Waals surface area contributed by atoms with Crippen LogP contribution in [0.4, 0.5) is 4.79 Å². The summed E-state index contributed by atoms with van der Waals surface area (Å²) >= 11 is 0. The molecule has 7 heteroatoms. The fraction of sp³-hybridized carbons (Fsp3) is 0.750. The second-order valence-electron chi connectivity index (χ2n) is 5.70. The minimum atomic E-state index is -0.736. The highest BCUT2D eigenvalue weighted by molar-refractivity contribution is 5.65. The first-order valence-electron chi connectivity index (χ1n) is 6.39. The summed E-state index contributed by atoms with van der Waals surface area (Å²) in [5.74, 6) is 0.468. The van der Waals surface area contributed by atoms with Gasteiger partial charge >= 0.3 is 6.09 Å². The second-order valence-corrected chi connectivity index (χ2v) is 5.70. The molecule has 1 amide bonds. The summed E-state index contributed by atoms with van der Waals surface area (Å²) in [6, 6.07) is 0.277. The summed E-state index contributed by atoms with van der Waals surface area (Å²) in [6.07, 6.45) is 3.51. The number of aromatic nitrogens is 3. The van der Waals surface area contributed by atoms with Crippen molar-refractivity contribution in [2.24, 2.45) is 11.7 Å². The number of hydrogen-bond donors (Lipinski definition) is 2. The maximum atomic E-state index is 10.8. The largest absolute Gasteiger partial charge is 0.444 e. The molecule has 1 aromatic heterocycles. The van der Waals surface area contributed by atoms with Gasteiger partial charge in [0.2, 0.25) is 0 Å². The van der Waals surface area contributed by atoms with Gasteiger partial charge in [-0.05, 0) is 39.0 Å². The highest BCUT2D eigenvalue weighted by atomic mass is 16.6. The first-order chi connectivity index (χ1) is 8.91. The smallest absolute Gasteiger partial charge is 0.405 e. The summed E-state index contributed by atoms with van der Waals surface area (Å²) in [4.78, 5) is 10.8. The number of aliphatic hydroxyl groups is 1. The van der Waals surface area contributed by atoms with Gasteiger partial charge in [-0.15, -0.1) is 5.10 Å². The predicted molar refractivity (Wildman–Crippen MR) is 67.1 cm³/mol. The Morgan fingerprint density at radius 3 is 2.89 bits per heavy atom. The summed E-state index contributed by atoms with van der Waals surface area (Å²) in [5.41, 5.74) is 5.24. The molecule has 0 unspecified atom stereocenters. The van der Waals surface area contributed by atoms with Crippen LogP contribution in [0.25, 0.3) is 0 Å². The van der Waals surface area contributed by atoms with Crippen LogP contribution in [0.5, 0.6) is 0 Å². The fourth-order valence-corrected chi connectivity index (χ4v) is 2.76. The molecule has 106 valence electrons. The quantitative estimate of drug-likeness (QED) is 0.828. The lowest BCUT2D eigenvalue weighted by molar-refractivity contribution is 0.00525. The molecule has 1 fully saturated rings. The standard InChI is InChI=1S/C12H20N4O3/c1-12(2,19-11(13)18)5-8-3-9(4-8)16-10(7-17)6-14-15-16/h6,8-9,17H,3-5,7H2,1-2H3,(H2,13,18). The van der Waals surface area contributed by atoms with Crippen LogP contribution in [0.1, 0.15) is 44.8 Å². The molecule has 0 atom stereocenters. The van der Waals surface area contributed by atoms with Crippen molar-refractivity contribution in [3.05, 3.63) is 11.9 Å². The molecule has 1 aliphatic rings. The molecule has 1 aromatic rings. The van der Waals surface area contributed by atoms with Crippen LogP contribution in [0.2, 0.25) is 0 Å². The Hall–Kier alpha value is -1.63. The fourth-order valence-electron chi connectivity index (χ4n) is 2.76. The number of aliphatic hydroxyl groups excluding tert-OH is 1.